The van der Waals surface area contributed by atoms with E-state index in [1.165, 1.54) is 11.4 Å². The molecule has 6 nitrogen and oxygen atoms in total. The van der Waals surface area contributed by atoms with E-state index in [1.54, 1.807) is 19.2 Å². The van der Waals surface area contributed by atoms with Crippen molar-refractivity contribution in [3.05, 3.63) is 35.3 Å². The van der Waals surface area contributed by atoms with Crippen LogP contribution in [-0.4, -0.2) is 32.2 Å². The van der Waals surface area contributed by atoms with Gasteiger partial charge in [-0.3, -0.25) is 0 Å². The van der Waals surface area contributed by atoms with Gasteiger partial charge in [-0.25, -0.2) is 19.3 Å². The number of esters is 1. The molecule has 3 aromatic rings. The number of nitrogens with zero attached hydrogens (tertiary/aromatic N) is 4. The highest BCUT2D eigenvalue weighted by Crippen LogP contribution is 2.33. The first-order valence-corrected chi connectivity index (χ1v) is 6.72. The molecule has 0 amide bonds. The molecule has 0 atom stereocenters. The van der Waals surface area contributed by atoms with Gasteiger partial charge in [0, 0.05) is 11.9 Å². The van der Waals surface area contributed by atoms with Gasteiger partial charge in [0.25, 0.3) is 0 Å². The number of pyridine rings is 1. The molecule has 3 heterocycles. The van der Waals surface area contributed by atoms with Gasteiger partial charge >= 0.3 is 12.1 Å². The fourth-order valence-electron chi connectivity index (χ4n) is 2.20. The molecule has 0 spiro atoms. The maximum atomic E-state index is 13.2. The first kappa shape index (κ1) is 15.2. The third kappa shape index (κ3) is 2.58. The monoisotopic (exact) mass is 324 g/mol. The standard InChI is InChI=1S/C14H11F3N4O2/c1-3-23-13(22)8-6-9-11(19-10(8)14(15,16)17)20-21-5-4-7(2)18-12(9)21/h4-6H,3H2,1-2H3. The Morgan fingerprint density at radius 1 is 1.35 bits per heavy atom. The van der Waals surface area contributed by atoms with Crippen LogP contribution in [0.15, 0.2) is 18.3 Å². The summed E-state index contributed by atoms with van der Waals surface area (Å²) < 4.78 is 45.5. The van der Waals surface area contributed by atoms with Gasteiger partial charge < -0.3 is 4.74 Å². The average molecular weight is 324 g/mol. The molecule has 120 valence electrons. The van der Waals surface area contributed by atoms with Crippen LogP contribution < -0.4 is 0 Å². The molecule has 0 aliphatic rings. The smallest absolute Gasteiger partial charge is 0.434 e. The first-order chi connectivity index (χ1) is 10.8. The van der Waals surface area contributed by atoms with Crippen LogP contribution in [0.5, 0.6) is 0 Å². The average Bonchev–Trinajstić information content (AvgIpc) is 2.82. The molecule has 23 heavy (non-hydrogen) atoms. The lowest BCUT2D eigenvalue weighted by Crippen LogP contribution is -2.17. The highest BCUT2D eigenvalue weighted by Gasteiger charge is 2.38. The predicted octanol–water partition coefficient (Wildman–Crippen LogP) is 2.78. The number of aryl methyl sites for hydroxylation is 1. The van der Waals surface area contributed by atoms with Crippen LogP contribution in [0.25, 0.3) is 16.7 Å². The minimum absolute atomic E-state index is 0.0414. The third-order valence-corrected chi connectivity index (χ3v) is 3.17. The zero-order valence-corrected chi connectivity index (χ0v) is 12.2. The van der Waals surface area contributed by atoms with Gasteiger partial charge in [0.05, 0.1) is 17.6 Å². The van der Waals surface area contributed by atoms with E-state index >= 15 is 0 Å². The highest BCUT2D eigenvalue weighted by atomic mass is 19.4. The Hall–Kier alpha value is -2.71. The summed E-state index contributed by atoms with van der Waals surface area (Å²) in [7, 11) is 0. The van der Waals surface area contributed by atoms with E-state index in [9.17, 15) is 18.0 Å². The number of halogens is 3. The maximum absolute atomic E-state index is 13.2. The number of aromatic nitrogens is 4. The Balaban J connectivity index is 2.35. The topological polar surface area (TPSA) is 69.4 Å². The van der Waals surface area contributed by atoms with E-state index in [4.69, 9.17) is 4.74 Å². The highest BCUT2D eigenvalue weighted by molar-refractivity contribution is 5.98. The largest absolute Gasteiger partial charge is 0.462 e. The normalized spacial score (nSPS) is 12.0. The number of alkyl halides is 3. The predicted molar refractivity (Wildman–Crippen MR) is 74.0 cm³/mol. The van der Waals surface area contributed by atoms with Crippen molar-refractivity contribution in [3.63, 3.8) is 0 Å². The van der Waals surface area contributed by atoms with E-state index in [0.29, 0.717) is 11.3 Å². The molecule has 9 heteroatoms. The van der Waals surface area contributed by atoms with Crippen LogP contribution in [-0.2, 0) is 10.9 Å². The minimum Gasteiger partial charge on any atom is -0.462 e. The van der Waals surface area contributed by atoms with Crippen molar-refractivity contribution in [2.45, 2.75) is 20.0 Å². The Morgan fingerprint density at radius 3 is 2.74 bits per heavy atom. The van der Waals surface area contributed by atoms with Crippen LogP contribution in [0.3, 0.4) is 0 Å². The summed E-state index contributed by atoms with van der Waals surface area (Å²) in [5, 5.41) is 4.22. The second-order valence-corrected chi connectivity index (χ2v) is 4.81. The summed E-state index contributed by atoms with van der Waals surface area (Å²) in [5.74, 6) is -1.08. The van der Waals surface area contributed by atoms with Crippen molar-refractivity contribution >= 4 is 22.6 Å². The lowest BCUT2D eigenvalue weighted by atomic mass is 10.1. The zero-order chi connectivity index (χ0) is 16.8. The molecule has 3 rings (SSSR count). The fourth-order valence-corrected chi connectivity index (χ4v) is 2.20. The second-order valence-electron chi connectivity index (χ2n) is 4.81. The van der Waals surface area contributed by atoms with E-state index in [2.05, 4.69) is 15.1 Å². The summed E-state index contributed by atoms with van der Waals surface area (Å²) in [5.41, 5.74) is -1.11. The number of hydrogen-bond acceptors (Lipinski definition) is 5. The van der Waals surface area contributed by atoms with Gasteiger partial charge in [-0.05, 0) is 26.0 Å². The Kier molecular flexibility index (Phi) is 3.42. The molecule has 0 radical (unpaired) electrons. The van der Waals surface area contributed by atoms with E-state index in [1.807, 2.05) is 0 Å². The van der Waals surface area contributed by atoms with Crippen LogP contribution in [0, 0.1) is 6.92 Å². The number of carbonyl (C=O) groups is 1. The van der Waals surface area contributed by atoms with E-state index in [-0.39, 0.29) is 17.6 Å². The Bertz CT molecular complexity index is 918. The molecule has 0 unspecified atom stereocenters. The van der Waals surface area contributed by atoms with Gasteiger partial charge in [-0.2, -0.15) is 13.2 Å². The van der Waals surface area contributed by atoms with Crippen LogP contribution in [0.4, 0.5) is 13.2 Å². The molecule has 0 aliphatic carbocycles. The van der Waals surface area contributed by atoms with Crippen molar-refractivity contribution in [3.8, 4) is 0 Å². The quantitative estimate of drug-likeness (QED) is 0.678. The van der Waals surface area contributed by atoms with Crippen LogP contribution >= 0.6 is 0 Å². The molecule has 0 aromatic carbocycles. The SMILES string of the molecule is CCOC(=O)c1cc2c(nc1C(F)(F)F)nn1ccc(C)nc21. The van der Waals surface area contributed by atoms with Crippen molar-refractivity contribution in [2.75, 3.05) is 6.61 Å². The number of fused-ring (bicyclic) bond motifs is 3. The molecule has 0 bridgehead atoms. The molecule has 0 N–H and O–H groups in total. The second kappa shape index (κ2) is 5.18. The maximum Gasteiger partial charge on any atom is 0.434 e. The van der Waals surface area contributed by atoms with Gasteiger partial charge in [0.1, 0.15) is 0 Å². The molecule has 0 saturated carbocycles. The summed E-state index contributed by atoms with van der Waals surface area (Å²) in [4.78, 5) is 19.6. The molecule has 3 aromatic heterocycles. The van der Waals surface area contributed by atoms with Crippen molar-refractivity contribution in [1.82, 2.24) is 19.6 Å². The Morgan fingerprint density at radius 2 is 2.09 bits per heavy atom. The van der Waals surface area contributed by atoms with Crippen molar-refractivity contribution < 1.29 is 22.7 Å². The zero-order valence-electron chi connectivity index (χ0n) is 12.2. The lowest BCUT2D eigenvalue weighted by Gasteiger charge is -2.10. The minimum atomic E-state index is -4.80. The fraction of sp³-hybridized carbons (Fsp3) is 0.286. The number of hydrogen-bond donors (Lipinski definition) is 0. The van der Waals surface area contributed by atoms with Crippen molar-refractivity contribution in [2.24, 2.45) is 0 Å². The number of carbonyl (C=O) groups excluding carboxylic acids is 1. The summed E-state index contributed by atoms with van der Waals surface area (Å²) in [6.07, 6.45) is -3.23. The third-order valence-electron chi connectivity index (χ3n) is 3.17. The molecular weight excluding hydrogens is 313 g/mol. The summed E-state index contributed by atoms with van der Waals surface area (Å²) in [6.45, 7) is 3.21. The van der Waals surface area contributed by atoms with Crippen molar-refractivity contribution in [1.29, 1.82) is 0 Å². The van der Waals surface area contributed by atoms with Crippen LogP contribution in [0.2, 0.25) is 0 Å². The number of ether oxygens (including phenoxy) is 1. The number of rotatable bonds is 2. The molecule has 0 aliphatic heterocycles. The van der Waals surface area contributed by atoms with Gasteiger partial charge in [0.2, 0.25) is 0 Å². The van der Waals surface area contributed by atoms with Gasteiger partial charge in [-0.15, -0.1) is 5.10 Å². The Labute approximate surface area is 127 Å². The lowest BCUT2D eigenvalue weighted by molar-refractivity contribution is -0.141. The summed E-state index contributed by atoms with van der Waals surface area (Å²) in [6, 6.07) is 2.74. The van der Waals surface area contributed by atoms with Gasteiger partial charge in [0.15, 0.2) is 17.0 Å². The first-order valence-electron chi connectivity index (χ1n) is 6.72. The molecule has 0 fully saturated rings. The molecular formula is C14H11F3N4O2. The molecule has 0 saturated heterocycles. The summed E-state index contributed by atoms with van der Waals surface area (Å²) >= 11 is 0. The van der Waals surface area contributed by atoms with Crippen LogP contribution in [0.1, 0.15) is 28.7 Å². The van der Waals surface area contributed by atoms with E-state index < -0.39 is 23.4 Å². The van der Waals surface area contributed by atoms with E-state index in [0.717, 1.165) is 6.07 Å². The van der Waals surface area contributed by atoms with Gasteiger partial charge in [-0.1, -0.05) is 0 Å².